The van der Waals surface area contributed by atoms with Crippen LogP contribution in [0.4, 0.5) is 0 Å². The van der Waals surface area contributed by atoms with Gasteiger partial charge in [0.2, 0.25) is 0 Å². The van der Waals surface area contributed by atoms with Crippen molar-refractivity contribution in [3.05, 3.63) is 23.8 Å². The van der Waals surface area contributed by atoms with Crippen LogP contribution in [0.3, 0.4) is 0 Å². The highest BCUT2D eigenvalue weighted by Crippen LogP contribution is 2.16. The molecule has 0 spiro atoms. The Bertz CT molecular complexity index is 507. The number of carbonyl (C=O) groups excluding carboxylic acids is 2. The van der Waals surface area contributed by atoms with Gasteiger partial charge in [0.1, 0.15) is 13.6 Å². The summed E-state index contributed by atoms with van der Waals surface area (Å²) in [5.41, 5.74) is 1.31. The van der Waals surface area contributed by atoms with Crippen LogP contribution in [0.2, 0.25) is 0 Å². The molecule has 1 aromatic carbocycles. The number of benzene rings is 1. The van der Waals surface area contributed by atoms with Gasteiger partial charge in [0, 0.05) is 12.1 Å². The van der Waals surface area contributed by atoms with E-state index >= 15 is 0 Å². The molecule has 0 bridgehead atoms. The van der Waals surface area contributed by atoms with E-state index in [1.807, 2.05) is 0 Å². The third-order valence-corrected chi connectivity index (χ3v) is 2.63. The number of esters is 2. The minimum atomic E-state index is -0.440. The van der Waals surface area contributed by atoms with Gasteiger partial charge >= 0.3 is 11.9 Å². The lowest BCUT2D eigenvalue weighted by molar-refractivity contribution is -0.145. The van der Waals surface area contributed by atoms with Crippen molar-refractivity contribution in [1.29, 1.82) is 0 Å². The molecular weight excluding hydrogens is 285 g/mol. The molecule has 1 rings (SSSR count). The Morgan fingerprint density at radius 3 is 2.50 bits per heavy atom. The standard InChI is InChI=1S/C15H20BNO5/c1-3-20-14(18)9-17-8-11-7-12(16)5-6-13(11)22-10-15(19)21-4-2/h5-7,17H,3-4,8-10H2,1-2H3. The van der Waals surface area contributed by atoms with Crippen molar-refractivity contribution in [1.82, 2.24) is 5.32 Å². The average molecular weight is 305 g/mol. The zero-order valence-electron chi connectivity index (χ0n) is 12.9. The van der Waals surface area contributed by atoms with Crippen LogP contribution in [-0.4, -0.2) is 46.2 Å². The lowest BCUT2D eigenvalue weighted by Crippen LogP contribution is -2.25. The first kappa shape index (κ1) is 18.0. The lowest BCUT2D eigenvalue weighted by atomic mass is 9.94. The SMILES string of the molecule is [B]c1ccc(OCC(=O)OCC)c(CNCC(=O)OCC)c1. The largest absolute Gasteiger partial charge is 0.482 e. The van der Waals surface area contributed by atoms with E-state index in [1.165, 1.54) is 0 Å². The van der Waals surface area contributed by atoms with Crippen LogP contribution < -0.4 is 15.5 Å². The van der Waals surface area contributed by atoms with Crippen molar-refractivity contribution >= 4 is 25.2 Å². The average Bonchev–Trinajstić information content (AvgIpc) is 2.47. The molecule has 0 aliphatic rings. The highest BCUT2D eigenvalue weighted by Gasteiger charge is 2.09. The van der Waals surface area contributed by atoms with Crippen molar-refractivity contribution in [3.8, 4) is 5.75 Å². The zero-order chi connectivity index (χ0) is 16.4. The zero-order valence-corrected chi connectivity index (χ0v) is 12.9. The summed E-state index contributed by atoms with van der Waals surface area (Å²) in [4.78, 5) is 22.6. The molecule has 22 heavy (non-hydrogen) atoms. The van der Waals surface area contributed by atoms with E-state index in [4.69, 9.17) is 22.1 Å². The van der Waals surface area contributed by atoms with Crippen LogP contribution in [0.25, 0.3) is 0 Å². The smallest absolute Gasteiger partial charge is 0.344 e. The Kier molecular flexibility index (Phi) is 8.06. The molecule has 0 saturated carbocycles. The number of hydrogen-bond donors (Lipinski definition) is 1. The van der Waals surface area contributed by atoms with Crippen LogP contribution in [0, 0.1) is 0 Å². The first-order valence-electron chi connectivity index (χ1n) is 7.10. The first-order chi connectivity index (χ1) is 10.6. The van der Waals surface area contributed by atoms with Crippen LogP contribution in [-0.2, 0) is 25.6 Å². The van der Waals surface area contributed by atoms with Crippen molar-refractivity contribution < 1.29 is 23.8 Å². The van der Waals surface area contributed by atoms with Crippen LogP contribution in [0.1, 0.15) is 19.4 Å². The molecule has 0 aliphatic carbocycles. The summed E-state index contributed by atoms with van der Waals surface area (Å²) in [5, 5.41) is 2.94. The van der Waals surface area contributed by atoms with E-state index < -0.39 is 5.97 Å². The molecule has 2 radical (unpaired) electrons. The highest BCUT2D eigenvalue weighted by atomic mass is 16.6. The topological polar surface area (TPSA) is 73.9 Å². The predicted molar refractivity (Wildman–Crippen MR) is 82.3 cm³/mol. The molecule has 1 aromatic rings. The minimum Gasteiger partial charge on any atom is -0.482 e. The summed E-state index contributed by atoms with van der Waals surface area (Å²) in [5.74, 6) is -0.260. The van der Waals surface area contributed by atoms with E-state index in [0.717, 1.165) is 5.56 Å². The number of carbonyl (C=O) groups is 2. The Labute approximate surface area is 131 Å². The molecule has 0 atom stereocenters. The predicted octanol–water partition coefficient (Wildman–Crippen LogP) is 0.0750. The van der Waals surface area contributed by atoms with E-state index in [9.17, 15) is 9.59 Å². The van der Waals surface area contributed by atoms with Crippen LogP contribution in [0.15, 0.2) is 18.2 Å². The normalized spacial score (nSPS) is 10.1. The number of rotatable bonds is 9. The maximum Gasteiger partial charge on any atom is 0.344 e. The minimum absolute atomic E-state index is 0.0833. The third kappa shape index (κ3) is 6.63. The number of hydrogen-bond acceptors (Lipinski definition) is 6. The summed E-state index contributed by atoms with van der Waals surface area (Å²) >= 11 is 0. The molecule has 0 saturated heterocycles. The molecule has 0 heterocycles. The van der Waals surface area contributed by atoms with Gasteiger partial charge in [-0.25, -0.2) is 4.79 Å². The van der Waals surface area contributed by atoms with Gasteiger partial charge in [-0.15, -0.1) is 0 Å². The van der Waals surface area contributed by atoms with Gasteiger partial charge in [0.05, 0.1) is 19.8 Å². The molecule has 6 nitrogen and oxygen atoms in total. The second-order valence-corrected chi connectivity index (χ2v) is 4.37. The maximum atomic E-state index is 11.3. The van der Waals surface area contributed by atoms with Crippen molar-refractivity contribution in [2.45, 2.75) is 20.4 Å². The Hall–Kier alpha value is -2.02. The second-order valence-electron chi connectivity index (χ2n) is 4.37. The molecule has 118 valence electrons. The van der Waals surface area contributed by atoms with Gasteiger partial charge < -0.3 is 19.5 Å². The quantitative estimate of drug-likeness (QED) is 0.514. The molecular formula is C15H20BNO5. The molecule has 0 aromatic heterocycles. The fourth-order valence-electron chi connectivity index (χ4n) is 1.73. The van der Waals surface area contributed by atoms with Crippen molar-refractivity contribution in [2.24, 2.45) is 0 Å². The Balaban J connectivity index is 2.58. The fraction of sp³-hybridized carbons (Fsp3) is 0.467. The van der Waals surface area contributed by atoms with Gasteiger partial charge in [-0.3, -0.25) is 4.79 Å². The van der Waals surface area contributed by atoms with Crippen LogP contribution in [0.5, 0.6) is 5.75 Å². The second kappa shape index (κ2) is 9.84. The number of ether oxygens (including phenoxy) is 3. The van der Waals surface area contributed by atoms with Gasteiger partial charge in [-0.05, 0) is 19.9 Å². The van der Waals surface area contributed by atoms with Crippen molar-refractivity contribution in [2.75, 3.05) is 26.4 Å². The van der Waals surface area contributed by atoms with Crippen molar-refractivity contribution in [3.63, 3.8) is 0 Å². The summed E-state index contributed by atoms with van der Waals surface area (Å²) in [6.45, 7) is 4.39. The number of nitrogens with one attached hydrogen (secondary N) is 1. The molecule has 0 unspecified atom stereocenters. The molecule has 0 amide bonds. The molecule has 0 fully saturated rings. The summed E-state index contributed by atoms with van der Waals surface area (Å²) in [7, 11) is 5.74. The third-order valence-electron chi connectivity index (χ3n) is 2.63. The molecule has 1 N–H and O–H groups in total. The first-order valence-corrected chi connectivity index (χ1v) is 7.10. The van der Waals surface area contributed by atoms with E-state index in [2.05, 4.69) is 5.32 Å². The monoisotopic (exact) mass is 305 g/mol. The van der Waals surface area contributed by atoms with Gasteiger partial charge in [0.25, 0.3) is 0 Å². The van der Waals surface area contributed by atoms with E-state index in [1.54, 1.807) is 32.0 Å². The molecule has 7 heteroatoms. The summed E-state index contributed by atoms with van der Waals surface area (Å²) in [6.07, 6.45) is 0. The summed E-state index contributed by atoms with van der Waals surface area (Å²) in [6, 6.07) is 5.07. The maximum absolute atomic E-state index is 11.3. The summed E-state index contributed by atoms with van der Waals surface area (Å²) < 4.78 is 15.0. The fourth-order valence-corrected chi connectivity index (χ4v) is 1.73. The van der Waals surface area contributed by atoms with Gasteiger partial charge in [-0.2, -0.15) is 0 Å². The van der Waals surface area contributed by atoms with E-state index in [-0.39, 0.29) is 19.1 Å². The molecule has 0 aliphatic heterocycles. The van der Waals surface area contributed by atoms with Crippen LogP contribution >= 0.6 is 0 Å². The highest BCUT2D eigenvalue weighted by molar-refractivity contribution is 6.32. The Morgan fingerprint density at radius 1 is 1.14 bits per heavy atom. The lowest BCUT2D eigenvalue weighted by Gasteiger charge is -2.13. The Morgan fingerprint density at radius 2 is 1.82 bits per heavy atom. The van der Waals surface area contributed by atoms with Gasteiger partial charge in [-0.1, -0.05) is 17.6 Å². The van der Waals surface area contributed by atoms with E-state index in [0.29, 0.717) is 31.0 Å². The van der Waals surface area contributed by atoms with Gasteiger partial charge in [0.15, 0.2) is 6.61 Å².